The molecule has 1 aromatic carbocycles. The first-order valence-corrected chi connectivity index (χ1v) is 7.33. The zero-order valence-electron chi connectivity index (χ0n) is 11.3. The molecule has 1 atom stereocenters. The van der Waals surface area contributed by atoms with Gasteiger partial charge in [-0.05, 0) is 24.3 Å². The second kappa shape index (κ2) is 7.42. The largest absolute Gasteiger partial charge is 0.484 e. The van der Waals surface area contributed by atoms with Crippen LogP contribution in [0.3, 0.4) is 0 Å². The van der Waals surface area contributed by atoms with Crippen LogP contribution in [0.25, 0.3) is 0 Å². The summed E-state index contributed by atoms with van der Waals surface area (Å²) in [5.41, 5.74) is 0. The Bertz CT molecular complexity index is 505. The first-order valence-electron chi connectivity index (χ1n) is 6.54. The van der Waals surface area contributed by atoms with Crippen molar-refractivity contribution < 1.29 is 24.2 Å². The Morgan fingerprint density at radius 3 is 2.76 bits per heavy atom. The fourth-order valence-electron chi connectivity index (χ4n) is 2.03. The highest BCUT2D eigenvalue weighted by Crippen LogP contribution is 2.16. The van der Waals surface area contributed by atoms with Crippen LogP contribution in [0.15, 0.2) is 28.7 Å². The summed E-state index contributed by atoms with van der Waals surface area (Å²) in [5, 5.41) is 8.75. The van der Waals surface area contributed by atoms with E-state index in [0.29, 0.717) is 18.9 Å². The number of hydrogen-bond acceptors (Lipinski definition) is 4. The number of rotatable bonds is 5. The number of carboxylic acids is 1. The Balaban J connectivity index is 1.82. The van der Waals surface area contributed by atoms with Gasteiger partial charge in [-0.2, -0.15) is 0 Å². The van der Waals surface area contributed by atoms with Crippen LogP contribution in [0.1, 0.15) is 6.42 Å². The Morgan fingerprint density at radius 1 is 1.38 bits per heavy atom. The first kappa shape index (κ1) is 15.8. The third kappa shape index (κ3) is 5.02. The minimum absolute atomic E-state index is 0.0680. The SMILES string of the molecule is O=C(O)CC1CN(C(=O)COc2ccc(Br)cc2)CCO1. The molecule has 0 bridgehead atoms. The first-order chi connectivity index (χ1) is 10.0. The number of aliphatic carboxylic acids is 1. The van der Waals surface area contributed by atoms with Gasteiger partial charge in [0.15, 0.2) is 6.61 Å². The molecule has 0 saturated carbocycles. The summed E-state index contributed by atoms with van der Waals surface area (Å²) in [6, 6.07) is 7.20. The van der Waals surface area contributed by atoms with Crippen molar-refractivity contribution in [3.8, 4) is 5.75 Å². The molecule has 1 aromatic rings. The third-order valence-electron chi connectivity index (χ3n) is 3.07. The molecule has 1 fully saturated rings. The van der Waals surface area contributed by atoms with Gasteiger partial charge in [-0.3, -0.25) is 9.59 Å². The number of amides is 1. The van der Waals surface area contributed by atoms with E-state index in [1.807, 2.05) is 12.1 Å². The highest BCUT2D eigenvalue weighted by molar-refractivity contribution is 9.10. The maximum atomic E-state index is 12.1. The number of carbonyl (C=O) groups is 2. The van der Waals surface area contributed by atoms with E-state index in [-0.39, 0.29) is 25.5 Å². The lowest BCUT2D eigenvalue weighted by molar-refractivity contribution is -0.148. The van der Waals surface area contributed by atoms with E-state index in [9.17, 15) is 9.59 Å². The van der Waals surface area contributed by atoms with E-state index in [4.69, 9.17) is 14.6 Å². The van der Waals surface area contributed by atoms with Gasteiger partial charge < -0.3 is 19.5 Å². The highest BCUT2D eigenvalue weighted by Gasteiger charge is 2.26. The van der Waals surface area contributed by atoms with E-state index in [0.717, 1.165) is 4.47 Å². The maximum absolute atomic E-state index is 12.1. The average Bonchev–Trinajstić information content (AvgIpc) is 2.46. The van der Waals surface area contributed by atoms with E-state index in [1.54, 1.807) is 17.0 Å². The standard InChI is InChI=1S/C14H16BrNO5/c15-10-1-3-11(4-2-10)21-9-13(17)16-5-6-20-12(8-16)7-14(18)19/h1-4,12H,5-9H2,(H,18,19). The van der Waals surface area contributed by atoms with Crippen LogP contribution in [0, 0.1) is 0 Å². The number of ether oxygens (including phenoxy) is 2. The molecule has 1 N–H and O–H groups in total. The molecule has 1 heterocycles. The Morgan fingerprint density at radius 2 is 2.10 bits per heavy atom. The van der Waals surface area contributed by atoms with Crippen LogP contribution >= 0.6 is 15.9 Å². The lowest BCUT2D eigenvalue weighted by Crippen LogP contribution is -2.47. The summed E-state index contributed by atoms with van der Waals surface area (Å²) in [6.45, 7) is 1.02. The number of nitrogens with zero attached hydrogens (tertiary/aromatic N) is 1. The van der Waals surface area contributed by atoms with Crippen molar-refractivity contribution in [3.63, 3.8) is 0 Å². The van der Waals surface area contributed by atoms with Crippen LogP contribution in [-0.4, -0.2) is 54.3 Å². The summed E-state index contributed by atoms with van der Waals surface area (Å²) in [6.07, 6.45) is -0.551. The lowest BCUT2D eigenvalue weighted by atomic mass is 10.2. The van der Waals surface area contributed by atoms with E-state index < -0.39 is 12.1 Å². The number of halogens is 1. The van der Waals surface area contributed by atoms with Crippen LogP contribution < -0.4 is 4.74 Å². The molecule has 1 aliphatic heterocycles. The van der Waals surface area contributed by atoms with Gasteiger partial charge in [0.1, 0.15) is 5.75 Å². The monoisotopic (exact) mass is 357 g/mol. The molecule has 0 aliphatic carbocycles. The fraction of sp³-hybridized carbons (Fsp3) is 0.429. The molecule has 1 amide bonds. The van der Waals surface area contributed by atoms with Crippen LogP contribution in [0.2, 0.25) is 0 Å². The summed E-state index contributed by atoms with van der Waals surface area (Å²) < 4.78 is 11.7. The van der Waals surface area contributed by atoms with Crippen LogP contribution in [0.4, 0.5) is 0 Å². The molecule has 2 rings (SSSR count). The number of carboxylic acid groups (broad SMARTS) is 1. The van der Waals surface area contributed by atoms with Gasteiger partial charge in [0.05, 0.1) is 19.1 Å². The summed E-state index contributed by atoms with van der Waals surface area (Å²) in [4.78, 5) is 24.3. The minimum atomic E-state index is -0.930. The van der Waals surface area contributed by atoms with Gasteiger partial charge in [0.2, 0.25) is 0 Å². The number of carbonyl (C=O) groups excluding carboxylic acids is 1. The van der Waals surface area contributed by atoms with Crippen molar-refractivity contribution in [3.05, 3.63) is 28.7 Å². The van der Waals surface area contributed by atoms with Crippen molar-refractivity contribution in [2.45, 2.75) is 12.5 Å². The van der Waals surface area contributed by atoms with Crippen LogP contribution in [0.5, 0.6) is 5.75 Å². The molecule has 114 valence electrons. The smallest absolute Gasteiger partial charge is 0.306 e. The third-order valence-corrected chi connectivity index (χ3v) is 3.60. The number of benzene rings is 1. The predicted molar refractivity (Wildman–Crippen MR) is 78.2 cm³/mol. The van der Waals surface area contributed by atoms with E-state index in [2.05, 4.69) is 15.9 Å². The van der Waals surface area contributed by atoms with Gasteiger partial charge in [0.25, 0.3) is 5.91 Å². The highest BCUT2D eigenvalue weighted by atomic mass is 79.9. The number of morpholine rings is 1. The molecular weight excluding hydrogens is 342 g/mol. The van der Waals surface area contributed by atoms with Gasteiger partial charge in [-0.25, -0.2) is 0 Å². The quantitative estimate of drug-likeness (QED) is 0.864. The van der Waals surface area contributed by atoms with Gasteiger partial charge in [-0.15, -0.1) is 0 Å². The lowest BCUT2D eigenvalue weighted by Gasteiger charge is -2.32. The van der Waals surface area contributed by atoms with Crippen molar-refractivity contribution in [1.82, 2.24) is 4.90 Å². The number of hydrogen-bond donors (Lipinski definition) is 1. The summed E-state index contributed by atoms with van der Waals surface area (Å²) in [5.74, 6) is -0.487. The molecule has 1 saturated heterocycles. The Labute approximate surface area is 130 Å². The molecule has 0 radical (unpaired) electrons. The van der Waals surface area contributed by atoms with Crippen molar-refractivity contribution in [2.24, 2.45) is 0 Å². The molecule has 7 heteroatoms. The average molecular weight is 358 g/mol. The maximum Gasteiger partial charge on any atom is 0.306 e. The normalized spacial score (nSPS) is 18.3. The summed E-state index contributed by atoms with van der Waals surface area (Å²) >= 11 is 3.32. The predicted octanol–water partition coefficient (Wildman–Crippen LogP) is 1.53. The molecule has 0 spiro atoms. The van der Waals surface area contributed by atoms with Crippen molar-refractivity contribution >= 4 is 27.8 Å². The zero-order chi connectivity index (χ0) is 15.2. The van der Waals surface area contributed by atoms with Gasteiger partial charge >= 0.3 is 5.97 Å². The second-order valence-corrected chi connectivity index (χ2v) is 5.59. The van der Waals surface area contributed by atoms with Crippen molar-refractivity contribution in [1.29, 1.82) is 0 Å². The Hall–Kier alpha value is -1.60. The van der Waals surface area contributed by atoms with Gasteiger partial charge in [0, 0.05) is 17.6 Å². The molecule has 21 heavy (non-hydrogen) atoms. The molecule has 6 nitrogen and oxygen atoms in total. The molecule has 0 aromatic heterocycles. The topological polar surface area (TPSA) is 76.1 Å². The fourth-order valence-corrected chi connectivity index (χ4v) is 2.30. The van der Waals surface area contributed by atoms with Crippen molar-refractivity contribution in [2.75, 3.05) is 26.3 Å². The molecular formula is C14H16BrNO5. The van der Waals surface area contributed by atoms with E-state index in [1.165, 1.54) is 0 Å². The van der Waals surface area contributed by atoms with E-state index >= 15 is 0 Å². The van der Waals surface area contributed by atoms with Crippen LogP contribution in [-0.2, 0) is 14.3 Å². The summed E-state index contributed by atoms with van der Waals surface area (Å²) in [7, 11) is 0. The second-order valence-electron chi connectivity index (χ2n) is 4.67. The molecule has 1 unspecified atom stereocenters. The van der Waals surface area contributed by atoms with Gasteiger partial charge in [-0.1, -0.05) is 15.9 Å². The minimum Gasteiger partial charge on any atom is -0.484 e. The zero-order valence-corrected chi connectivity index (χ0v) is 12.9. The molecule has 1 aliphatic rings. The Kier molecular flexibility index (Phi) is 5.58.